The van der Waals surface area contributed by atoms with Crippen LogP contribution in [-0.4, -0.2) is 10.2 Å². The molecule has 0 unspecified atom stereocenters. The molecule has 4 heavy (non-hydrogen) atoms. The van der Waals surface area contributed by atoms with E-state index in [0.717, 1.165) is 6.04 Å². The monoisotopic (exact) mass is 71.0 g/mol. The fourth-order valence-electron chi connectivity index (χ4n) is 0. The van der Waals surface area contributed by atoms with Gasteiger partial charge in [0.05, 0.1) is 0 Å². The standard InChI is InChI=1S/C3H7Si/c1-2-3-4/h2-3H2,1H3/q-1. The molecule has 0 aromatic rings. The molecular weight excluding hydrogens is 64.1 g/mol. The fraction of sp³-hybridized carbons (Fsp3) is 1.00. The Labute approximate surface area is 30.6 Å². The maximum atomic E-state index is 3.29. The number of hydrogen-bond acceptors (Lipinski definition) is 0. The van der Waals surface area contributed by atoms with E-state index in [1.165, 1.54) is 6.42 Å². The molecule has 0 aliphatic carbocycles. The van der Waals surface area contributed by atoms with Gasteiger partial charge in [0.2, 0.25) is 0 Å². The zero-order valence-electron chi connectivity index (χ0n) is 2.91. The summed E-state index contributed by atoms with van der Waals surface area (Å²) in [7, 11) is 3.29. The molecule has 1 heteroatoms. The Balaban J connectivity index is 1.97. The Morgan fingerprint density at radius 2 is 2.00 bits per heavy atom. The molecule has 2 radical (unpaired) electrons. The molecule has 0 N–H and O–H groups in total. The van der Waals surface area contributed by atoms with Crippen LogP contribution in [0.2, 0.25) is 6.04 Å². The van der Waals surface area contributed by atoms with Crippen molar-refractivity contribution in [3.05, 3.63) is 0 Å². The third-order valence-electron chi connectivity index (χ3n) is 0.250. The highest BCUT2D eigenvalue weighted by Crippen LogP contribution is 1.73. The second-order valence-electron chi connectivity index (χ2n) is 0.750. The van der Waals surface area contributed by atoms with Gasteiger partial charge in [0.15, 0.2) is 0 Å². The van der Waals surface area contributed by atoms with Crippen LogP contribution in [0.15, 0.2) is 0 Å². The summed E-state index contributed by atoms with van der Waals surface area (Å²) in [6, 6.07) is 1.12. The zero-order chi connectivity index (χ0) is 3.41. The van der Waals surface area contributed by atoms with E-state index in [0.29, 0.717) is 0 Å². The molecule has 0 rings (SSSR count). The van der Waals surface area contributed by atoms with Gasteiger partial charge in [-0.05, 0) is 0 Å². The molecule has 0 nitrogen and oxygen atoms in total. The van der Waals surface area contributed by atoms with E-state index >= 15 is 0 Å². The molecule has 0 bridgehead atoms. The van der Waals surface area contributed by atoms with Crippen LogP contribution in [0.4, 0.5) is 0 Å². The number of rotatable bonds is 1. The molecule has 0 atom stereocenters. The van der Waals surface area contributed by atoms with Crippen LogP contribution in [0, 0.1) is 0 Å². The van der Waals surface area contributed by atoms with E-state index in [4.69, 9.17) is 0 Å². The normalized spacial score (nSPS) is 7.50. The van der Waals surface area contributed by atoms with Crippen molar-refractivity contribution in [2.45, 2.75) is 19.4 Å². The molecule has 0 aromatic carbocycles. The van der Waals surface area contributed by atoms with Crippen molar-refractivity contribution in [3.63, 3.8) is 0 Å². The summed E-state index contributed by atoms with van der Waals surface area (Å²) < 4.78 is 0. The van der Waals surface area contributed by atoms with Crippen molar-refractivity contribution < 1.29 is 0 Å². The second-order valence-corrected chi connectivity index (χ2v) is 1.25. The van der Waals surface area contributed by atoms with E-state index in [9.17, 15) is 0 Å². The minimum atomic E-state index is 1.12. The molecule has 0 saturated heterocycles. The Hall–Kier alpha value is 0.217. The maximum Gasteiger partial charge on any atom is -0.0683 e. The van der Waals surface area contributed by atoms with E-state index in [-0.39, 0.29) is 0 Å². The van der Waals surface area contributed by atoms with E-state index in [2.05, 4.69) is 17.2 Å². The van der Waals surface area contributed by atoms with Crippen molar-refractivity contribution in [3.8, 4) is 0 Å². The molecule has 0 saturated carbocycles. The van der Waals surface area contributed by atoms with Gasteiger partial charge < -0.3 is 10.2 Å². The lowest BCUT2D eigenvalue weighted by Crippen LogP contribution is -1.55. The minimum Gasteiger partial charge on any atom is -0.672 e. The van der Waals surface area contributed by atoms with E-state index in [1.54, 1.807) is 0 Å². The lowest BCUT2D eigenvalue weighted by Gasteiger charge is -1.88. The van der Waals surface area contributed by atoms with Gasteiger partial charge in [0.25, 0.3) is 0 Å². The molecule has 0 spiro atoms. The van der Waals surface area contributed by atoms with Crippen LogP contribution < -0.4 is 0 Å². The van der Waals surface area contributed by atoms with Gasteiger partial charge in [-0.2, -0.15) is 0 Å². The van der Waals surface area contributed by atoms with Crippen LogP contribution in [0.1, 0.15) is 13.3 Å². The first kappa shape index (κ1) is 4.22. The van der Waals surface area contributed by atoms with Crippen molar-refractivity contribution in [1.82, 2.24) is 0 Å². The largest absolute Gasteiger partial charge is 0.672 e. The first-order chi connectivity index (χ1) is 1.91. The van der Waals surface area contributed by atoms with Crippen LogP contribution in [-0.2, 0) is 0 Å². The Morgan fingerprint density at radius 3 is 2.00 bits per heavy atom. The topological polar surface area (TPSA) is 0 Å². The molecular formula is C3H7Si-. The molecule has 24 valence electrons. The third-order valence-corrected chi connectivity index (χ3v) is 0.750. The van der Waals surface area contributed by atoms with Crippen molar-refractivity contribution in [2.75, 3.05) is 0 Å². The molecule has 0 aliphatic rings. The van der Waals surface area contributed by atoms with Crippen LogP contribution in [0.25, 0.3) is 0 Å². The first-order valence-electron chi connectivity index (χ1n) is 1.56. The van der Waals surface area contributed by atoms with Gasteiger partial charge >= 0.3 is 0 Å². The SMILES string of the molecule is CCC[Si-]. The third kappa shape index (κ3) is 2.22. The van der Waals surface area contributed by atoms with Gasteiger partial charge in [-0.15, -0.1) is 0 Å². The van der Waals surface area contributed by atoms with E-state index < -0.39 is 0 Å². The number of hydrogen-bond donors (Lipinski definition) is 0. The summed E-state index contributed by atoms with van der Waals surface area (Å²) in [5, 5.41) is 0. The average molecular weight is 71.2 g/mol. The summed E-state index contributed by atoms with van der Waals surface area (Å²) in [4.78, 5) is 0. The second kappa shape index (κ2) is 3.22. The van der Waals surface area contributed by atoms with Crippen LogP contribution >= 0.6 is 0 Å². The maximum absolute atomic E-state index is 3.29. The molecule has 0 amide bonds. The summed E-state index contributed by atoms with van der Waals surface area (Å²) >= 11 is 0. The summed E-state index contributed by atoms with van der Waals surface area (Å²) in [6.07, 6.45) is 1.23. The van der Waals surface area contributed by atoms with Crippen molar-refractivity contribution >= 4 is 10.2 Å². The van der Waals surface area contributed by atoms with Gasteiger partial charge in [-0.25, -0.2) is 6.04 Å². The highest BCUT2D eigenvalue weighted by atomic mass is 28.1. The summed E-state index contributed by atoms with van der Waals surface area (Å²) in [5.74, 6) is 0. The average Bonchev–Trinajstić information content (AvgIpc) is 1.37. The van der Waals surface area contributed by atoms with Crippen molar-refractivity contribution in [2.24, 2.45) is 0 Å². The van der Waals surface area contributed by atoms with Gasteiger partial charge in [0, 0.05) is 0 Å². The minimum absolute atomic E-state index is 1.12. The lowest BCUT2D eigenvalue weighted by atomic mass is 10.6. The Kier molecular flexibility index (Phi) is 3.39. The quantitative estimate of drug-likeness (QED) is 0.404. The van der Waals surface area contributed by atoms with E-state index in [1.807, 2.05) is 0 Å². The van der Waals surface area contributed by atoms with Gasteiger partial charge in [0.1, 0.15) is 0 Å². The lowest BCUT2D eigenvalue weighted by molar-refractivity contribution is 1.08. The highest BCUT2D eigenvalue weighted by molar-refractivity contribution is 6.08. The van der Waals surface area contributed by atoms with Gasteiger partial charge in [-0.1, -0.05) is 13.3 Å². The smallest absolute Gasteiger partial charge is 0.0683 e. The van der Waals surface area contributed by atoms with Crippen LogP contribution in [0.3, 0.4) is 0 Å². The predicted molar refractivity (Wildman–Crippen MR) is 20.9 cm³/mol. The molecule has 0 heterocycles. The molecule has 0 aromatic heterocycles. The van der Waals surface area contributed by atoms with Crippen LogP contribution in [0.5, 0.6) is 0 Å². The molecule has 0 fully saturated rings. The predicted octanol–water partition coefficient (Wildman–Crippen LogP) is 0.983. The summed E-state index contributed by atoms with van der Waals surface area (Å²) in [5.41, 5.74) is 0. The summed E-state index contributed by atoms with van der Waals surface area (Å²) in [6.45, 7) is 2.13. The molecule has 0 aliphatic heterocycles. The van der Waals surface area contributed by atoms with Crippen molar-refractivity contribution in [1.29, 1.82) is 0 Å². The Bertz CT molecular complexity index is 5.25. The first-order valence-corrected chi connectivity index (χ1v) is 2.27. The zero-order valence-corrected chi connectivity index (χ0v) is 3.91. The fourth-order valence-corrected chi connectivity index (χ4v) is 0. The Morgan fingerprint density at radius 1 is 1.75 bits per heavy atom. The van der Waals surface area contributed by atoms with Gasteiger partial charge in [-0.3, -0.25) is 0 Å². The highest BCUT2D eigenvalue weighted by Gasteiger charge is 1.42.